The Hall–Kier alpha value is -0.570. The second-order valence-corrected chi connectivity index (χ2v) is 5.41. The van der Waals surface area contributed by atoms with Gasteiger partial charge in [-0.15, -0.1) is 0 Å². The van der Waals surface area contributed by atoms with Crippen LogP contribution in [0.15, 0.2) is 5.16 Å². The number of oxime groups is 1. The molecule has 2 N–H and O–H groups in total. The first kappa shape index (κ1) is 10.5. The molecule has 0 spiro atoms. The molecule has 3 heteroatoms. The molecule has 0 amide bonds. The highest BCUT2D eigenvalue weighted by Crippen LogP contribution is 2.28. The fourth-order valence-electron chi connectivity index (χ4n) is 1.22. The molecule has 0 aromatic carbocycles. The van der Waals surface area contributed by atoms with Crippen LogP contribution in [0.5, 0.6) is 0 Å². The molecule has 0 bridgehead atoms. The van der Waals surface area contributed by atoms with Crippen molar-refractivity contribution in [3.8, 4) is 0 Å². The number of nitrogens with zero attached hydrogens (tertiary/aromatic N) is 1. The van der Waals surface area contributed by atoms with Gasteiger partial charge in [-0.1, -0.05) is 25.9 Å². The van der Waals surface area contributed by atoms with Gasteiger partial charge in [0.2, 0.25) is 0 Å². The fourth-order valence-corrected chi connectivity index (χ4v) is 1.22. The van der Waals surface area contributed by atoms with E-state index in [1.807, 2.05) is 13.8 Å². The summed E-state index contributed by atoms with van der Waals surface area (Å²) >= 11 is 0. The third kappa shape index (κ3) is 2.44. The Morgan fingerprint density at radius 2 is 1.85 bits per heavy atom. The topological polar surface area (TPSA) is 47.6 Å². The molecule has 76 valence electrons. The summed E-state index contributed by atoms with van der Waals surface area (Å²) in [6.07, 6.45) is 0.884. The predicted molar refractivity (Wildman–Crippen MR) is 54.6 cm³/mol. The van der Waals surface area contributed by atoms with Gasteiger partial charge in [0.25, 0.3) is 0 Å². The summed E-state index contributed by atoms with van der Waals surface area (Å²) in [7, 11) is 0. The first-order valence-corrected chi connectivity index (χ1v) is 4.73. The fraction of sp³-hybridized carbons (Fsp3) is 0.900. The number of hydrogen-bond donors (Lipinski definition) is 1. The van der Waals surface area contributed by atoms with Crippen molar-refractivity contribution in [2.45, 2.75) is 52.7 Å². The molecule has 0 aromatic rings. The van der Waals surface area contributed by atoms with Gasteiger partial charge in [0, 0.05) is 11.8 Å². The van der Waals surface area contributed by atoms with E-state index in [0.717, 1.165) is 12.1 Å². The second-order valence-electron chi connectivity index (χ2n) is 5.41. The monoisotopic (exact) mass is 184 g/mol. The van der Waals surface area contributed by atoms with Gasteiger partial charge in [0.1, 0.15) is 6.10 Å². The van der Waals surface area contributed by atoms with Gasteiger partial charge >= 0.3 is 0 Å². The molecule has 1 heterocycles. The Morgan fingerprint density at radius 3 is 2.08 bits per heavy atom. The molecule has 1 aliphatic rings. The van der Waals surface area contributed by atoms with Crippen LogP contribution in [0.3, 0.4) is 0 Å². The third-order valence-electron chi connectivity index (χ3n) is 2.36. The van der Waals surface area contributed by atoms with Crippen molar-refractivity contribution in [1.29, 1.82) is 0 Å². The van der Waals surface area contributed by atoms with Gasteiger partial charge in [0.05, 0.1) is 11.3 Å². The van der Waals surface area contributed by atoms with E-state index in [1.165, 1.54) is 0 Å². The smallest absolute Gasteiger partial charge is 0.150 e. The molecular formula is C10H20N2O. The molecule has 0 aliphatic carbocycles. The van der Waals surface area contributed by atoms with Crippen molar-refractivity contribution in [1.82, 2.24) is 0 Å². The van der Waals surface area contributed by atoms with E-state index in [9.17, 15) is 0 Å². The van der Waals surface area contributed by atoms with Crippen LogP contribution < -0.4 is 5.73 Å². The van der Waals surface area contributed by atoms with Crippen molar-refractivity contribution in [2.24, 2.45) is 16.3 Å². The first-order valence-electron chi connectivity index (χ1n) is 4.73. The van der Waals surface area contributed by atoms with Gasteiger partial charge < -0.3 is 10.6 Å². The van der Waals surface area contributed by atoms with Crippen LogP contribution in [0.2, 0.25) is 0 Å². The molecule has 13 heavy (non-hydrogen) atoms. The van der Waals surface area contributed by atoms with Crippen LogP contribution in [-0.2, 0) is 4.84 Å². The van der Waals surface area contributed by atoms with Gasteiger partial charge in [-0.05, 0) is 13.8 Å². The Kier molecular flexibility index (Phi) is 2.41. The van der Waals surface area contributed by atoms with Gasteiger partial charge in [0.15, 0.2) is 0 Å². The number of nitrogens with two attached hydrogens (primary N) is 1. The van der Waals surface area contributed by atoms with E-state index in [0.29, 0.717) is 0 Å². The van der Waals surface area contributed by atoms with Crippen molar-refractivity contribution in [2.75, 3.05) is 0 Å². The minimum Gasteiger partial charge on any atom is -0.390 e. The van der Waals surface area contributed by atoms with Crippen LogP contribution in [0.25, 0.3) is 0 Å². The summed E-state index contributed by atoms with van der Waals surface area (Å²) in [4.78, 5) is 5.32. The van der Waals surface area contributed by atoms with E-state index in [1.54, 1.807) is 0 Å². The summed E-state index contributed by atoms with van der Waals surface area (Å²) in [6, 6.07) is 0. The normalized spacial score (nSPS) is 24.2. The summed E-state index contributed by atoms with van der Waals surface area (Å²) in [5.74, 6) is 0. The molecule has 0 saturated heterocycles. The Morgan fingerprint density at radius 1 is 1.31 bits per heavy atom. The van der Waals surface area contributed by atoms with E-state index in [4.69, 9.17) is 10.6 Å². The maximum absolute atomic E-state index is 5.95. The molecule has 0 fully saturated rings. The highest BCUT2D eigenvalue weighted by Gasteiger charge is 2.36. The maximum Gasteiger partial charge on any atom is 0.150 e. The van der Waals surface area contributed by atoms with E-state index in [-0.39, 0.29) is 17.1 Å². The quantitative estimate of drug-likeness (QED) is 0.676. The molecule has 1 aliphatic heterocycles. The molecular weight excluding hydrogens is 164 g/mol. The van der Waals surface area contributed by atoms with Gasteiger partial charge in [-0.25, -0.2) is 0 Å². The van der Waals surface area contributed by atoms with E-state index in [2.05, 4.69) is 25.9 Å². The first-order chi connectivity index (χ1) is 5.71. The van der Waals surface area contributed by atoms with Gasteiger partial charge in [-0.3, -0.25) is 0 Å². The maximum atomic E-state index is 5.95. The predicted octanol–water partition coefficient (Wildman–Crippen LogP) is 1.91. The molecule has 1 atom stereocenters. The number of rotatable bonds is 1. The molecule has 0 radical (unpaired) electrons. The highest BCUT2D eigenvalue weighted by molar-refractivity contribution is 5.90. The lowest BCUT2D eigenvalue weighted by molar-refractivity contribution is 0.0382. The van der Waals surface area contributed by atoms with Crippen LogP contribution in [-0.4, -0.2) is 17.4 Å². The summed E-state index contributed by atoms with van der Waals surface area (Å²) < 4.78 is 0. The zero-order chi connectivity index (χ0) is 10.3. The van der Waals surface area contributed by atoms with Crippen molar-refractivity contribution in [3.05, 3.63) is 0 Å². The van der Waals surface area contributed by atoms with Crippen LogP contribution >= 0.6 is 0 Å². The summed E-state index contributed by atoms with van der Waals surface area (Å²) in [5.41, 5.74) is 6.84. The van der Waals surface area contributed by atoms with Crippen LogP contribution in [0.4, 0.5) is 0 Å². The molecule has 1 unspecified atom stereocenters. The molecule has 3 nitrogen and oxygen atoms in total. The average Bonchev–Trinajstić information content (AvgIpc) is 2.28. The largest absolute Gasteiger partial charge is 0.390 e. The standard InChI is InChI=1S/C10H20N2O/c1-9(2,3)7-6-8(13-12-7)10(4,5)11/h8H,6,11H2,1-5H3. The van der Waals surface area contributed by atoms with E-state index >= 15 is 0 Å². The van der Waals surface area contributed by atoms with Crippen molar-refractivity contribution in [3.63, 3.8) is 0 Å². The molecule has 0 saturated carbocycles. The lowest BCUT2D eigenvalue weighted by atomic mass is 9.84. The SMILES string of the molecule is CC(C)(C)C1=NOC(C(C)(C)N)C1. The Labute approximate surface area is 80.3 Å². The minimum absolute atomic E-state index is 0.0294. The molecule has 1 rings (SSSR count). The second kappa shape index (κ2) is 2.98. The van der Waals surface area contributed by atoms with Crippen LogP contribution in [0, 0.1) is 5.41 Å². The van der Waals surface area contributed by atoms with Gasteiger partial charge in [-0.2, -0.15) is 0 Å². The summed E-state index contributed by atoms with van der Waals surface area (Å²) in [5, 5.41) is 4.09. The lowest BCUT2D eigenvalue weighted by Crippen LogP contribution is -2.45. The molecule has 0 aromatic heterocycles. The van der Waals surface area contributed by atoms with Crippen molar-refractivity contribution >= 4 is 5.71 Å². The Balaban J connectivity index is 2.63. The third-order valence-corrected chi connectivity index (χ3v) is 2.36. The van der Waals surface area contributed by atoms with Crippen molar-refractivity contribution < 1.29 is 4.84 Å². The van der Waals surface area contributed by atoms with Crippen LogP contribution in [0.1, 0.15) is 41.0 Å². The zero-order valence-corrected chi connectivity index (χ0v) is 9.22. The minimum atomic E-state index is -0.309. The lowest BCUT2D eigenvalue weighted by Gasteiger charge is -2.25. The highest BCUT2D eigenvalue weighted by atomic mass is 16.6. The number of hydrogen-bond acceptors (Lipinski definition) is 3. The van der Waals surface area contributed by atoms with E-state index < -0.39 is 0 Å². The average molecular weight is 184 g/mol. The Bertz CT molecular complexity index is 220. The zero-order valence-electron chi connectivity index (χ0n) is 9.22. The summed E-state index contributed by atoms with van der Waals surface area (Å²) in [6.45, 7) is 10.4.